The van der Waals surface area contributed by atoms with Crippen molar-refractivity contribution in [3.63, 3.8) is 0 Å². The Morgan fingerprint density at radius 1 is 1.17 bits per heavy atom. The van der Waals surface area contributed by atoms with E-state index < -0.39 is 0 Å². The largest absolute Gasteiger partial charge is 0.378 e. The minimum Gasteiger partial charge on any atom is -0.378 e. The lowest BCUT2D eigenvalue weighted by molar-refractivity contribution is 0.112. The fourth-order valence-corrected chi connectivity index (χ4v) is 1.64. The van der Waals surface area contributed by atoms with Crippen molar-refractivity contribution in [1.82, 2.24) is 9.97 Å². The highest BCUT2D eigenvalue weighted by Crippen LogP contribution is 2.19. The van der Waals surface area contributed by atoms with Gasteiger partial charge in [0, 0.05) is 31.5 Å². The van der Waals surface area contributed by atoms with Crippen molar-refractivity contribution in [2.45, 2.75) is 6.92 Å². The normalized spacial score (nSPS) is 10.2. The Balaban J connectivity index is 2.36. The first-order chi connectivity index (χ1) is 8.61. The predicted octanol–water partition coefficient (Wildman–Crippen LogP) is 2.33. The summed E-state index contributed by atoms with van der Waals surface area (Å²) in [5.41, 5.74) is 3.30. The molecule has 2 aromatic rings. The van der Waals surface area contributed by atoms with E-state index in [0.29, 0.717) is 17.1 Å². The molecule has 4 nitrogen and oxygen atoms in total. The van der Waals surface area contributed by atoms with Crippen LogP contribution < -0.4 is 4.90 Å². The van der Waals surface area contributed by atoms with Gasteiger partial charge >= 0.3 is 0 Å². The highest BCUT2D eigenvalue weighted by atomic mass is 16.1. The van der Waals surface area contributed by atoms with E-state index in [1.165, 1.54) is 0 Å². The van der Waals surface area contributed by atoms with Crippen LogP contribution >= 0.6 is 0 Å². The lowest BCUT2D eigenvalue weighted by Crippen LogP contribution is -2.08. The van der Waals surface area contributed by atoms with Crippen LogP contribution in [0.15, 0.2) is 30.5 Å². The molecule has 4 heteroatoms. The molecule has 0 N–H and O–H groups in total. The molecule has 0 saturated carbocycles. The van der Waals surface area contributed by atoms with E-state index in [-0.39, 0.29) is 0 Å². The maximum absolute atomic E-state index is 10.7. The van der Waals surface area contributed by atoms with Gasteiger partial charge in [-0.1, -0.05) is 0 Å². The smallest absolute Gasteiger partial charge is 0.159 e. The third-order valence-corrected chi connectivity index (χ3v) is 2.79. The molecule has 0 unspecified atom stereocenters. The summed E-state index contributed by atoms with van der Waals surface area (Å²) in [6.45, 7) is 1.81. The SMILES string of the molecule is Cc1nc(-c2ccc(N(C)C)cc2)ncc1C=O. The Morgan fingerprint density at radius 2 is 1.83 bits per heavy atom. The minimum atomic E-state index is 0.531. The molecule has 0 aliphatic heterocycles. The molecule has 1 aromatic carbocycles. The number of rotatable bonds is 3. The predicted molar refractivity (Wildman–Crippen MR) is 71.9 cm³/mol. The Bertz CT molecular complexity index is 562. The van der Waals surface area contributed by atoms with Crippen molar-refractivity contribution in [3.05, 3.63) is 41.7 Å². The van der Waals surface area contributed by atoms with Crippen molar-refractivity contribution in [1.29, 1.82) is 0 Å². The van der Waals surface area contributed by atoms with Crippen molar-refractivity contribution < 1.29 is 4.79 Å². The van der Waals surface area contributed by atoms with Gasteiger partial charge < -0.3 is 4.90 Å². The first-order valence-corrected chi connectivity index (χ1v) is 5.68. The van der Waals surface area contributed by atoms with Gasteiger partial charge in [0.15, 0.2) is 12.1 Å². The standard InChI is InChI=1S/C14H15N3O/c1-10-12(9-18)8-15-14(16-10)11-4-6-13(7-5-11)17(2)3/h4-9H,1-3H3. The number of carbonyl (C=O) groups excluding carboxylic acids is 1. The van der Waals surface area contributed by atoms with Gasteiger partial charge in [-0.05, 0) is 31.2 Å². The number of hydrogen-bond donors (Lipinski definition) is 0. The molecule has 0 radical (unpaired) electrons. The summed E-state index contributed by atoms with van der Waals surface area (Å²) in [6.07, 6.45) is 2.33. The molecular formula is C14H15N3O. The van der Waals surface area contributed by atoms with E-state index in [1.807, 2.05) is 50.2 Å². The minimum absolute atomic E-state index is 0.531. The van der Waals surface area contributed by atoms with E-state index in [9.17, 15) is 4.79 Å². The maximum atomic E-state index is 10.7. The van der Waals surface area contributed by atoms with E-state index in [1.54, 1.807) is 6.20 Å². The van der Waals surface area contributed by atoms with Crippen LogP contribution in [0.4, 0.5) is 5.69 Å². The van der Waals surface area contributed by atoms with Crippen molar-refractivity contribution in [2.24, 2.45) is 0 Å². The van der Waals surface area contributed by atoms with Crippen LogP contribution in [-0.2, 0) is 0 Å². The first kappa shape index (κ1) is 12.2. The van der Waals surface area contributed by atoms with Crippen molar-refractivity contribution >= 4 is 12.0 Å². The number of anilines is 1. The molecule has 1 heterocycles. The van der Waals surface area contributed by atoms with Gasteiger partial charge in [-0.3, -0.25) is 4.79 Å². The lowest BCUT2D eigenvalue weighted by Gasteiger charge is -2.12. The molecule has 0 saturated heterocycles. The quantitative estimate of drug-likeness (QED) is 0.774. The molecule has 0 aliphatic rings. The van der Waals surface area contributed by atoms with Gasteiger partial charge in [-0.25, -0.2) is 9.97 Å². The Morgan fingerprint density at radius 3 is 2.33 bits per heavy atom. The number of aromatic nitrogens is 2. The monoisotopic (exact) mass is 241 g/mol. The van der Waals surface area contributed by atoms with Gasteiger partial charge in [0.2, 0.25) is 0 Å². The highest BCUT2D eigenvalue weighted by Gasteiger charge is 2.05. The molecule has 18 heavy (non-hydrogen) atoms. The zero-order valence-corrected chi connectivity index (χ0v) is 10.7. The van der Waals surface area contributed by atoms with E-state index in [0.717, 1.165) is 17.5 Å². The van der Waals surface area contributed by atoms with Crippen LogP contribution in [0.5, 0.6) is 0 Å². The average molecular weight is 241 g/mol. The van der Waals surface area contributed by atoms with Crippen LogP contribution in [0.1, 0.15) is 16.1 Å². The summed E-state index contributed by atoms with van der Waals surface area (Å²) >= 11 is 0. The number of hydrogen-bond acceptors (Lipinski definition) is 4. The molecule has 92 valence electrons. The Hall–Kier alpha value is -2.23. The number of nitrogens with zero attached hydrogens (tertiary/aromatic N) is 3. The number of aldehydes is 1. The Kier molecular flexibility index (Phi) is 3.37. The molecular weight excluding hydrogens is 226 g/mol. The summed E-state index contributed by atoms with van der Waals surface area (Å²) in [6, 6.07) is 7.98. The number of carbonyl (C=O) groups is 1. The average Bonchev–Trinajstić information content (AvgIpc) is 2.38. The van der Waals surface area contributed by atoms with Crippen LogP contribution in [0, 0.1) is 6.92 Å². The van der Waals surface area contributed by atoms with Crippen molar-refractivity contribution in [3.8, 4) is 11.4 Å². The molecule has 2 rings (SSSR count). The summed E-state index contributed by atoms with van der Waals surface area (Å²) in [4.78, 5) is 21.3. The molecule has 0 spiro atoms. The van der Waals surface area contributed by atoms with Gasteiger partial charge in [-0.15, -0.1) is 0 Å². The molecule has 1 aromatic heterocycles. The summed E-state index contributed by atoms with van der Waals surface area (Å²) in [5.74, 6) is 0.642. The van der Waals surface area contributed by atoms with E-state index in [2.05, 4.69) is 9.97 Å². The second-order valence-electron chi connectivity index (χ2n) is 4.29. The van der Waals surface area contributed by atoms with Crippen LogP contribution in [-0.4, -0.2) is 30.3 Å². The third kappa shape index (κ3) is 2.37. The number of benzene rings is 1. The topological polar surface area (TPSA) is 46.1 Å². The van der Waals surface area contributed by atoms with Gasteiger partial charge in [0.25, 0.3) is 0 Å². The molecule has 0 atom stereocenters. The second kappa shape index (κ2) is 4.96. The summed E-state index contributed by atoms with van der Waals surface area (Å²) in [7, 11) is 3.99. The fraction of sp³-hybridized carbons (Fsp3) is 0.214. The maximum Gasteiger partial charge on any atom is 0.159 e. The molecule has 0 aliphatic carbocycles. The van der Waals surface area contributed by atoms with Crippen LogP contribution in [0.2, 0.25) is 0 Å². The van der Waals surface area contributed by atoms with Crippen LogP contribution in [0.25, 0.3) is 11.4 Å². The Labute approximate surface area is 106 Å². The van der Waals surface area contributed by atoms with Gasteiger partial charge in [0.1, 0.15) is 0 Å². The zero-order valence-electron chi connectivity index (χ0n) is 10.7. The summed E-state index contributed by atoms with van der Waals surface area (Å²) < 4.78 is 0. The number of aryl methyl sites for hydroxylation is 1. The second-order valence-corrected chi connectivity index (χ2v) is 4.29. The van der Waals surface area contributed by atoms with Crippen LogP contribution in [0.3, 0.4) is 0 Å². The van der Waals surface area contributed by atoms with Gasteiger partial charge in [0.05, 0.1) is 11.3 Å². The molecule has 0 amide bonds. The van der Waals surface area contributed by atoms with Crippen molar-refractivity contribution in [2.75, 3.05) is 19.0 Å². The zero-order chi connectivity index (χ0) is 13.1. The highest BCUT2D eigenvalue weighted by molar-refractivity contribution is 5.76. The lowest BCUT2D eigenvalue weighted by atomic mass is 10.1. The molecule has 0 bridgehead atoms. The first-order valence-electron chi connectivity index (χ1n) is 5.68. The summed E-state index contributed by atoms with van der Waals surface area (Å²) in [5, 5.41) is 0. The van der Waals surface area contributed by atoms with Gasteiger partial charge in [-0.2, -0.15) is 0 Å². The fourth-order valence-electron chi connectivity index (χ4n) is 1.64. The van der Waals surface area contributed by atoms with E-state index >= 15 is 0 Å². The van der Waals surface area contributed by atoms with E-state index in [4.69, 9.17) is 0 Å². The third-order valence-electron chi connectivity index (χ3n) is 2.79. The molecule has 0 fully saturated rings.